The lowest BCUT2D eigenvalue weighted by Crippen LogP contribution is -2.01. The highest BCUT2D eigenvalue weighted by molar-refractivity contribution is 6.30. The number of aromatic nitrogens is 5. The molecular formula is C12H8ClN5. The zero-order chi connectivity index (χ0) is 12.4. The predicted molar refractivity (Wildman–Crippen MR) is 67.4 cm³/mol. The summed E-state index contributed by atoms with van der Waals surface area (Å²) in [5.74, 6) is 1.14. The third-order valence-corrected chi connectivity index (χ3v) is 2.59. The van der Waals surface area contributed by atoms with Gasteiger partial charge in [-0.25, -0.2) is 4.98 Å². The molecule has 5 nitrogen and oxygen atoms in total. The lowest BCUT2D eigenvalue weighted by atomic mass is 10.2. The molecule has 18 heavy (non-hydrogen) atoms. The van der Waals surface area contributed by atoms with Crippen LogP contribution in [-0.2, 0) is 0 Å². The van der Waals surface area contributed by atoms with Crippen LogP contribution in [0, 0.1) is 0 Å². The lowest BCUT2D eigenvalue weighted by molar-refractivity contribution is 0.701. The monoisotopic (exact) mass is 257 g/mol. The first-order valence-electron chi connectivity index (χ1n) is 5.30. The number of tetrazole rings is 1. The zero-order valence-electron chi connectivity index (χ0n) is 9.23. The first kappa shape index (κ1) is 10.9. The van der Waals surface area contributed by atoms with E-state index in [-0.39, 0.29) is 0 Å². The van der Waals surface area contributed by atoms with Crippen LogP contribution in [0.25, 0.3) is 17.2 Å². The number of pyridine rings is 1. The molecule has 0 spiro atoms. The minimum atomic E-state index is 0.562. The van der Waals surface area contributed by atoms with Crippen LogP contribution in [-0.4, -0.2) is 25.2 Å². The maximum Gasteiger partial charge on any atom is 0.205 e. The predicted octanol–water partition coefficient (Wildman–Crippen LogP) is 2.38. The maximum absolute atomic E-state index is 5.77. The Kier molecular flexibility index (Phi) is 2.74. The van der Waals surface area contributed by atoms with Crippen LogP contribution >= 0.6 is 11.6 Å². The molecule has 0 atom stereocenters. The quantitative estimate of drug-likeness (QED) is 0.707. The van der Waals surface area contributed by atoms with Gasteiger partial charge in [0, 0.05) is 11.8 Å². The summed E-state index contributed by atoms with van der Waals surface area (Å²) < 4.78 is 0. The van der Waals surface area contributed by atoms with Gasteiger partial charge in [0.2, 0.25) is 5.82 Å². The fourth-order valence-corrected chi connectivity index (χ4v) is 1.61. The number of halogens is 1. The van der Waals surface area contributed by atoms with E-state index in [2.05, 4.69) is 20.4 Å². The van der Waals surface area contributed by atoms with Crippen molar-refractivity contribution >= 4 is 11.6 Å². The second kappa shape index (κ2) is 4.54. The van der Waals surface area contributed by atoms with Gasteiger partial charge in [0.15, 0.2) is 5.82 Å². The highest BCUT2D eigenvalue weighted by Gasteiger charge is 2.07. The molecule has 88 valence electrons. The minimum absolute atomic E-state index is 0.562. The summed E-state index contributed by atoms with van der Waals surface area (Å²) in [7, 11) is 0. The fraction of sp³-hybridized carbons (Fsp3) is 0. The van der Waals surface area contributed by atoms with Crippen molar-refractivity contribution in [1.82, 2.24) is 25.2 Å². The van der Waals surface area contributed by atoms with Crippen LogP contribution in [0.1, 0.15) is 0 Å². The van der Waals surface area contributed by atoms with Crippen LogP contribution < -0.4 is 0 Å². The Labute approximate surface area is 108 Å². The van der Waals surface area contributed by atoms with E-state index >= 15 is 0 Å². The fourth-order valence-electron chi connectivity index (χ4n) is 1.50. The molecule has 6 heteroatoms. The van der Waals surface area contributed by atoms with Gasteiger partial charge in [-0.2, -0.15) is 0 Å². The van der Waals surface area contributed by atoms with Crippen molar-refractivity contribution in [2.45, 2.75) is 0 Å². The van der Waals surface area contributed by atoms with E-state index in [1.165, 1.54) is 4.80 Å². The largest absolute Gasteiger partial charge is 0.234 e. The van der Waals surface area contributed by atoms with Crippen molar-refractivity contribution in [1.29, 1.82) is 0 Å². The number of hydrogen-bond acceptors (Lipinski definition) is 4. The molecule has 0 N–H and O–H groups in total. The van der Waals surface area contributed by atoms with Crippen molar-refractivity contribution in [3.05, 3.63) is 53.7 Å². The van der Waals surface area contributed by atoms with Gasteiger partial charge >= 0.3 is 0 Å². The van der Waals surface area contributed by atoms with Gasteiger partial charge in [-0.15, -0.1) is 15.0 Å². The van der Waals surface area contributed by atoms with Gasteiger partial charge in [0.1, 0.15) is 0 Å². The molecular weight excluding hydrogens is 250 g/mol. The number of hydrogen-bond donors (Lipinski definition) is 0. The molecule has 2 heterocycles. The Morgan fingerprint density at radius 3 is 2.56 bits per heavy atom. The van der Waals surface area contributed by atoms with Crippen molar-refractivity contribution in [2.24, 2.45) is 0 Å². The molecule has 0 aliphatic rings. The van der Waals surface area contributed by atoms with Gasteiger partial charge in [0.25, 0.3) is 0 Å². The Hall–Kier alpha value is -2.27. The third-order valence-electron chi connectivity index (χ3n) is 2.36. The van der Waals surface area contributed by atoms with Gasteiger partial charge < -0.3 is 0 Å². The Balaban J connectivity index is 1.97. The van der Waals surface area contributed by atoms with E-state index in [1.807, 2.05) is 30.3 Å². The molecule has 0 unspecified atom stereocenters. The summed E-state index contributed by atoms with van der Waals surface area (Å²) in [5.41, 5.74) is 0.915. The normalized spacial score (nSPS) is 10.5. The maximum atomic E-state index is 5.77. The molecule has 0 amide bonds. The van der Waals surface area contributed by atoms with Gasteiger partial charge in [-0.3, -0.25) is 0 Å². The Morgan fingerprint density at radius 1 is 1.00 bits per heavy atom. The Morgan fingerprint density at radius 2 is 1.83 bits per heavy atom. The molecule has 0 saturated heterocycles. The van der Waals surface area contributed by atoms with Crippen molar-refractivity contribution < 1.29 is 0 Å². The van der Waals surface area contributed by atoms with Crippen LogP contribution in [0.5, 0.6) is 0 Å². The highest BCUT2D eigenvalue weighted by atomic mass is 35.5. The lowest BCUT2D eigenvalue weighted by Gasteiger charge is -1.96. The smallest absolute Gasteiger partial charge is 0.205 e. The van der Waals surface area contributed by atoms with Crippen molar-refractivity contribution in [3.63, 3.8) is 0 Å². The topological polar surface area (TPSA) is 56.5 Å². The van der Waals surface area contributed by atoms with Crippen molar-refractivity contribution in [3.8, 4) is 17.2 Å². The molecule has 0 aliphatic carbocycles. The molecule has 3 aromatic rings. The first-order chi connectivity index (χ1) is 8.83. The molecule has 0 radical (unpaired) electrons. The molecule has 0 saturated carbocycles. The standard InChI is InChI=1S/C12H8ClN5/c13-10-6-7-11(14-8-10)18-16-12(15-17-18)9-4-2-1-3-5-9/h1-8H. The summed E-state index contributed by atoms with van der Waals surface area (Å²) in [6.45, 7) is 0. The SMILES string of the molecule is Clc1ccc(-n2nnc(-c3ccccc3)n2)nc1. The van der Waals surface area contributed by atoms with E-state index in [0.717, 1.165) is 5.56 Å². The number of rotatable bonds is 2. The molecule has 0 bridgehead atoms. The summed E-state index contributed by atoms with van der Waals surface area (Å²) in [6, 6.07) is 13.1. The van der Waals surface area contributed by atoms with Crippen LogP contribution in [0.2, 0.25) is 5.02 Å². The highest BCUT2D eigenvalue weighted by Crippen LogP contribution is 2.13. The van der Waals surface area contributed by atoms with Crippen LogP contribution in [0.15, 0.2) is 48.7 Å². The van der Waals surface area contributed by atoms with E-state index < -0.39 is 0 Å². The average molecular weight is 258 g/mol. The molecule has 1 aromatic carbocycles. The minimum Gasteiger partial charge on any atom is -0.234 e. The second-order valence-electron chi connectivity index (χ2n) is 3.60. The van der Waals surface area contributed by atoms with Gasteiger partial charge in [-0.1, -0.05) is 41.9 Å². The van der Waals surface area contributed by atoms with E-state index in [4.69, 9.17) is 11.6 Å². The molecule has 0 aliphatic heterocycles. The number of nitrogens with zero attached hydrogens (tertiary/aromatic N) is 5. The zero-order valence-corrected chi connectivity index (χ0v) is 9.99. The van der Waals surface area contributed by atoms with Crippen LogP contribution in [0.4, 0.5) is 0 Å². The van der Waals surface area contributed by atoms with E-state index in [1.54, 1.807) is 18.3 Å². The van der Waals surface area contributed by atoms with Crippen molar-refractivity contribution in [2.75, 3.05) is 0 Å². The second-order valence-corrected chi connectivity index (χ2v) is 4.04. The van der Waals surface area contributed by atoms with Crippen LogP contribution in [0.3, 0.4) is 0 Å². The summed E-state index contributed by atoms with van der Waals surface area (Å²) in [4.78, 5) is 5.50. The third kappa shape index (κ3) is 2.08. The van der Waals surface area contributed by atoms with E-state index in [0.29, 0.717) is 16.7 Å². The first-order valence-corrected chi connectivity index (χ1v) is 5.68. The van der Waals surface area contributed by atoms with E-state index in [9.17, 15) is 0 Å². The van der Waals surface area contributed by atoms with Gasteiger partial charge in [0.05, 0.1) is 5.02 Å². The summed E-state index contributed by atoms with van der Waals surface area (Å²) in [5, 5.41) is 12.8. The summed E-state index contributed by atoms with van der Waals surface area (Å²) >= 11 is 5.77. The summed E-state index contributed by atoms with van der Waals surface area (Å²) in [6.07, 6.45) is 1.54. The molecule has 2 aromatic heterocycles. The molecule has 3 rings (SSSR count). The average Bonchev–Trinajstić information content (AvgIpc) is 2.90. The number of benzene rings is 1. The van der Waals surface area contributed by atoms with Gasteiger partial charge in [-0.05, 0) is 17.3 Å². The Bertz CT molecular complexity index is 648. The molecule has 0 fully saturated rings.